The van der Waals surface area contributed by atoms with Crippen molar-refractivity contribution in [1.82, 2.24) is 0 Å². The third-order valence-electron chi connectivity index (χ3n) is 3.86. The fraction of sp³-hybridized carbons (Fsp3) is 0.143. The molecule has 16 heavy (non-hydrogen) atoms. The molecule has 0 heterocycles. The van der Waals surface area contributed by atoms with Gasteiger partial charge in [0.05, 0.1) is 5.41 Å². The number of benzene rings is 2. The summed E-state index contributed by atoms with van der Waals surface area (Å²) in [6, 6.07) is 11.2. The van der Waals surface area contributed by atoms with Crippen LogP contribution in [0, 0.1) is 0 Å². The van der Waals surface area contributed by atoms with Gasteiger partial charge in [-0.15, -0.1) is 0 Å². The molecule has 0 aliphatic heterocycles. The van der Waals surface area contributed by atoms with Gasteiger partial charge in [0, 0.05) is 0 Å². The van der Waals surface area contributed by atoms with E-state index in [0.29, 0.717) is 11.5 Å². The minimum Gasteiger partial charge on any atom is -0.508 e. The molecule has 2 nitrogen and oxygen atoms in total. The number of aromatic hydroxyl groups is 2. The van der Waals surface area contributed by atoms with Gasteiger partial charge in [0.15, 0.2) is 0 Å². The Balaban J connectivity index is 1.88. The summed E-state index contributed by atoms with van der Waals surface area (Å²) in [5.74, 6) is 0.670. The first-order valence-electron chi connectivity index (χ1n) is 5.38. The van der Waals surface area contributed by atoms with E-state index in [0.717, 1.165) is 6.42 Å². The fourth-order valence-corrected chi connectivity index (χ4v) is 3.06. The average molecular weight is 210 g/mol. The van der Waals surface area contributed by atoms with Crippen LogP contribution in [0.3, 0.4) is 0 Å². The van der Waals surface area contributed by atoms with Crippen LogP contribution in [-0.2, 0) is 11.8 Å². The predicted molar refractivity (Wildman–Crippen MR) is 59.8 cm³/mol. The van der Waals surface area contributed by atoms with Crippen LogP contribution in [0.15, 0.2) is 36.4 Å². The van der Waals surface area contributed by atoms with E-state index in [-0.39, 0.29) is 5.41 Å². The fourth-order valence-electron chi connectivity index (χ4n) is 3.06. The van der Waals surface area contributed by atoms with Gasteiger partial charge in [-0.05, 0) is 52.9 Å². The zero-order valence-electron chi connectivity index (χ0n) is 8.57. The summed E-state index contributed by atoms with van der Waals surface area (Å²) < 4.78 is 0. The Kier molecular flexibility index (Phi) is 1.15. The minimum absolute atomic E-state index is 0.0734. The van der Waals surface area contributed by atoms with E-state index in [1.807, 2.05) is 24.3 Å². The summed E-state index contributed by atoms with van der Waals surface area (Å²) in [4.78, 5) is 0. The summed E-state index contributed by atoms with van der Waals surface area (Å²) in [6.07, 6.45) is 0.954. The highest BCUT2D eigenvalue weighted by molar-refractivity contribution is 5.76. The maximum Gasteiger partial charge on any atom is 0.115 e. The summed E-state index contributed by atoms with van der Waals surface area (Å²) in [7, 11) is 0. The highest BCUT2D eigenvalue weighted by Gasteiger charge is 2.58. The lowest BCUT2D eigenvalue weighted by atomic mass is 9.71. The van der Waals surface area contributed by atoms with Crippen LogP contribution in [0.5, 0.6) is 11.5 Å². The molecule has 78 valence electrons. The Bertz CT molecular complexity index is 631. The molecule has 1 atom stereocenters. The quantitative estimate of drug-likeness (QED) is 0.700. The number of fused-ring (bicyclic) bond motifs is 5. The van der Waals surface area contributed by atoms with Gasteiger partial charge in [-0.1, -0.05) is 12.1 Å². The van der Waals surface area contributed by atoms with Crippen LogP contribution < -0.4 is 0 Å². The average Bonchev–Trinajstić information content (AvgIpc) is 2.87. The molecule has 2 aromatic carbocycles. The lowest BCUT2D eigenvalue weighted by Crippen LogP contribution is -2.27. The minimum atomic E-state index is 0.0734. The first kappa shape index (κ1) is 8.22. The zero-order chi connectivity index (χ0) is 10.9. The van der Waals surface area contributed by atoms with Crippen LogP contribution in [0.2, 0.25) is 0 Å². The van der Waals surface area contributed by atoms with Gasteiger partial charge < -0.3 is 10.2 Å². The number of hydrogen-bond acceptors (Lipinski definition) is 2. The number of hydrogen-bond donors (Lipinski definition) is 2. The summed E-state index contributed by atoms with van der Waals surface area (Å²) in [6.45, 7) is 0. The SMILES string of the molecule is Oc1ccc2c(c1)CC21c2ccc(O)cc21. The van der Waals surface area contributed by atoms with Crippen molar-refractivity contribution < 1.29 is 10.2 Å². The van der Waals surface area contributed by atoms with Crippen molar-refractivity contribution in [2.75, 3.05) is 0 Å². The Morgan fingerprint density at radius 1 is 0.812 bits per heavy atom. The Labute approximate surface area is 92.8 Å². The summed E-state index contributed by atoms with van der Waals surface area (Å²) in [5.41, 5.74) is 5.14. The molecule has 2 aliphatic rings. The maximum atomic E-state index is 9.45. The molecule has 2 heteroatoms. The van der Waals surface area contributed by atoms with E-state index >= 15 is 0 Å². The largest absolute Gasteiger partial charge is 0.508 e. The molecule has 2 aliphatic carbocycles. The van der Waals surface area contributed by atoms with Gasteiger partial charge in [0.25, 0.3) is 0 Å². The zero-order valence-corrected chi connectivity index (χ0v) is 8.57. The standard InChI is InChI=1S/C14H10O2/c15-9-1-3-11-8(5-9)7-14(11)12-4-2-10(16)6-13(12)14/h1-6,15-16H,7H2. The Hall–Kier alpha value is -1.96. The normalized spacial score (nSPS) is 23.5. The third kappa shape index (κ3) is 0.723. The van der Waals surface area contributed by atoms with Crippen molar-refractivity contribution in [1.29, 1.82) is 0 Å². The van der Waals surface area contributed by atoms with Crippen LogP contribution >= 0.6 is 0 Å². The molecular formula is C14H10O2. The van der Waals surface area contributed by atoms with Gasteiger partial charge in [0.2, 0.25) is 0 Å². The summed E-state index contributed by atoms with van der Waals surface area (Å²) in [5, 5.41) is 18.8. The highest BCUT2D eigenvalue weighted by atomic mass is 16.3. The molecule has 0 aromatic heterocycles. The molecule has 2 aromatic rings. The second kappa shape index (κ2) is 2.24. The van der Waals surface area contributed by atoms with Gasteiger partial charge >= 0.3 is 0 Å². The first-order valence-corrected chi connectivity index (χ1v) is 5.38. The lowest BCUT2D eigenvalue weighted by Gasteiger charge is -2.31. The van der Waals surface area contributed by atoms with E-state index in [1.54, 1.807) is 12.1 Å². The van der Waals surface area contributed by atoms with E-state index in [2.05, 4.69) is 0 Å². The number of rotatable bonds is 0. The Morgan fingerprint density at radius 3 is 2.19 bits per heavy atom. The number of phenols is 2. The van der Waals surface area contributed by atoms with E-state index in [9.17, 15) is 10.2 Å². The van der Waals surface area contributed by atoms with E-state index in [1.165, 1.54) is 22.3 Å². The second-order valence-corrected chi connectivity index (χ2v) is 4.65. The van der Waals surface area contributed by atoms with Gasteiger partial charge in [-0.3, -0.25) is 0 Å². The molecule has 0 amide bonds. The van der Waals surface area contributed by atoms with Crippen LogP contribution in [0.1, 0.15) is 22.3 Å². The van der Waals surface area contributed by atoms with Crippen molar-refractivity contribution in [3.05, 3.63) is 58.7 Å². The van der Waals surface area contributed by atoms with Crippen molar-refractivity contribution >= 4 is 0 Å². The molecule has 0 fully saturated rings. The van der Waals surface area contributed by atoms with Gasteiger partial charge in [-0.25, -0.2) is 0 Å². The molecule has 0 saturated heterocycles. The Morgan fingerprint density at radius 2 is 1.50 bits per heavy atom. The molecular weight excluding hydrogens is 200 g/mol. The van der Waals surface area contributed by atoms with Crippen molar-refractivity contribution in [2.24, 2.45) is 0 Å². The molecule has 0 bridgehead atoms. The molecule has 1 unspecified atom stereocenters. The van der Waals surface area contributed by atoms with Gasteiger partial charge in [-0.2, -0.15) is 0 Å². The summed E-state index contributed by atoms with van der Waals surface area (Å²) >= 11 is 0. The van der Waals surface area contributed by atoms with E-state index < -0.39 is 0 Å². The van der Waals surface area contributed by atoms with Crippen LogP contribution in [0.4, 0.5) is 0 Å². The van der Waals surface area contributed by atoms with Crippen molar-refractivity contribution in [3.8, 4) is 11.5 Å². The van der Waals surface area contributed by atoms with Crippen molar-refractivity contribution in [2.45, 2.75) is 11.8 Å². The lowest BCUT2D eigenvalue weighted by molar-refractivity contribution is 0.470. The first-order chi connectivity index (χ1) is 7.72. The smallest absolute Gasteiger partial charge is 0.115 e. The predicted octanol–water partition coefficient (Wildman–Crippen LogP) is 2.30. The second-order valence-electron chi connectivity index (χ2n) is 4.65. The molecule has 1 spiro atoms. The maximum absolute atomic E-state index is 9.45. The molecule has 2 N–H and O–H groups in total. The van der Waals surface area contributed by atoms with Crippen LogP contribution in [-0.4, -0.2) is 10.2 Å². The molecule has 0 saturated carbocycles. The van der Waals surface area contributed by atoms with Crippen molar-refractivity contribution in [3.63, 3.8) is 0 Å². The number of phenolic OH excluding ortho intramolecular Hbond substituents is 2. The van der Waals surface area contributed by atoms with E-state index in [4.69, 9.17) is 0 Å². The monoisotopic (exact) mass is 210 g/mol. The molecule has 4 rings (SSSR count). The topological polar surface area (TPSA) is 40.5 Å². The van der Waals surface area contributed by atoms with Gasteiger partial charge in [0.1, 0.15) is 11.5 Å². The highest BCUT2D eigenvalue weighted by Crippen LogP contribution is 2.64. The molecule has 0 radical (unpaired) electrons. The third-order valence-corrected chi connectivity index (χ3v) is 3.86. The van der Waals surface area contributed by atoms with Crippen LogP contribution in [0.25, 0.3) is 0 Å².